The van der Waals surface area contributed by atoms with E-state index in [2.05, 4.69) is 20.4 Å². The molecule has 0 saturated carbocycles. The van der Waals surface area contributed by atoms with Crippen molar-refractivity contribution in [3.05, 3.63) is 64.4 Å². The first-order chi connectivity index (χ1) is 12.9. The summed E-state index contributed by atoms with van der Waals surface area (Å²) in [5, 5.41) is 7.13. The normalized spacial score (nSPS) is 16.6. The van der Waals surface area contributed by atoms with Crippen LogP contribution >= 0.6 is 11.8 Å². The molecular formula is C19H18FN5OS. The second-order valence-corrected chi connectivity index (χ2v) is 7.56. The number of thioether (sulfide) groups is 1. The predicted molar refractivity (Wildman–Crippen MR) is 103 cm³/mol. The lowest BCUT2D eigenvalue weighted by Crippen LogP contribution is -2.17. The van der Waals surface area contributed by atoms with E-state index in [0.717, 1.165) is 17.0 Å². The zero-order chi connectivity index (χ0) is 19.1. The summed E-state index contributed by atoms with van der Waals surface area (Å²) in [6.07, 6.45) is 0. The minimum Gasteiger partial charge on any atom is -0.309 e. The van der Waals surface area contributed by atoms with Crippen molar-refractivity contribution in [3.63, 3.8) is 0 Å². The Bertz CT molecular complexity index is 1030. The van der Waals surface area contributed by atoms with Gasteiger partial charge in [0.2, 0.25) is 5.91 Å². The van der Waals surface area contributed by atoms with Crippen molar-refractivity contribution in [3.8, 4) is 5.95 Å². The van der Waals surface area contributed by atoms with Crippen LogP contribution in [-0.4, -0.2) is 31.4 Å². The highest BCUT2D eigenvalue weighted by molar-refractivity contribution is 8.00. The van der Waals surface area contributed by atoms with E-state index in [4.69, 9.17) is 0 Å². The van der Waals surface area contributed by atoms with E-state index < -0.39 is 0 Å². The molecule has 6 nitrogen and oxygen atoms in total. The van der Waals surface area contributed by atoms with Crippen LogP contribution in [0.5, 0.6) is 0 Å². The van der Waals surface area contributed by atoms with Crippen molar-refractivity contribution in [2.75, 3.05) is 11.1 Å². The highest BCUT2D eigenvalue weighted by atomic mass is 32.2. The maximum atomic E-state index is 14.5. The Balaban J connectivity index is 1.93. The maximum Gasteiger partial charge on any atom is 0.252 e. The van der Waals surface area contributed by atoms with Gasteiger partial charge in [-0.3, -0.25) is 4.79 Å². The average Bonchev–Trinajstić information content (AvgIpc) is 2.81. The number of halogens is 1. The summed E-state index contributed by atoms with van der Waals surface area (Å²) in [5.74, 6) is 0.647. The van der Waals surface area contributed by atoms with E-state index in [1.54, 1.807) is 22.9 Å². The van der Waals surface area contributed by atoms with E-state index in [-0.39, 0.29) is 22.7 Å². The molecular weight excluding hydrogens is 365 g/mol. The van der Waals surface area contributed by atoms with Gasteiger partial charge in [-0.25, -0.2) is 14.4 Å². The third-order valence-corrected chi connectivity index (χ3v) is 5.61. The fourth-order valence-corrected chi connectivity index (χ4v) is 4.47. The van der Waals surface area contributed by atoms with Crippen LogP contribution in [0.25, 0.3) is 5.95 Å². The summed E-state index contributed by atoms with van der Waals surface area (Å²) < 4.78 is 16.0. The molecule has 1 aliphatic rings. The minimum atomic E-state index is -0.347. The molecule has 138 valence electrons. The summed E-state index contributed by atoms with van der Waals surface area (Å²) >= 11 is 1.38. The Morgan fingerprint density at radius 3 is 2.59 bits per heavy atom. The molecule has 2 aromatic heterocycles. The summed E-state index contributed by atoms with van der Waals surface area (Å²) in [6.45, 7) is 5.61. The minimum absolute atomic E-state index is 0.161. The number of nitrogens with one attached hydrogen (secondary N) is 1. The van der Waals surface area contributed by atoms with Gasteiger partial charge in [-0.15, -0.1) is 11.8 Å². The number of hydrogen-bond donors (Lipinski definition) is 1. The largest absolute Gasteiger partial charge is 0.309 e. The standard InChI is InChI=1S/C19H18FN5OS/c1-10-8-11(2)22-19(21-10)25-18-16(12(3)24-25)17(27-9-15(26)23-18)13-6-4-5-7-14(13)20/h4-8,17H,9H2,1-3H3,(H,23,26)/t17-/m0/s1. The summed E-state index contributed by atoms with van der Waals surface area (Å²) in [6, 6.07) is 8.50. The molecule has 1 amide bonds. The van der Waals surface area contributed by atoms with Gasteiger partial charge < -0.3 is 5.32 Å². The molecule has 27 heavy (non-hydrogen) atoms. The van der Waals surface area contributed by atoms with Crippen molar-refractivity contribution in [2.24, 2.45) is 0 Å². The van der Waals surface area contributed by atoms with Gasteiger partial charge in [0.1, 0.15) is 11.6 Å². The molecule has 1 atom stereocenters. The molecule has 0 unspecified atom stereocenters. The molecule has 0 fully saturated rings. The van der Waals surface area contributed by atoms with E-state index in [9.17, 15) is 9.18 Å². The van der Waals surface area contributed by atoms with Gasteiger partial charge in [-0.2, -0.15) is 9.78 Å². The number of fused-ring (bicyclic) bond motifs is 1. The van der Waals surface area contributed by atoms with Crippen molar-refractivity contribution >= 4 is 23.5 Å². The maximum absolute atomic E-state index is 14.5. The zero-order valence-electron chi connectivity index (χ0n) is 15.2. The first-order valence-corrected chi connectivity index (χ1v) is 9.57. The number of nitrogens with zero attached hydrogens (tertiary/aromatic N) is 4. The van der Waals surface area contributed by atoms with Crippen LogP contribution in [-0.2, 0) is 4.79 Å². The van der Waals surface area contributed by atoms with Crippen LogP contribution in [0.1, 0.15) is 33.5 Å². The van der Waals surface area contributed by atoms with E-state index in [1.807, 2.05) is 26.8 Å². The average molecular weight is 383 g/mol. The van der Waals surface area contributed by atoms with E-state index in [0.29, 0.717) is 23.0 Å². The highest BCUT2D eigenvalue weighted by Gasteiger charge is 2.32. The van der Waals surface area contributed by atoms with Gasteiger partial charge in [0, 0.05) is 22.5 Å². The van der Waals surface area contributed by atoms with Crippen LogP contribution in [0.3, 0.4) is 0 Å². The molecule has 0 spiro atoms. The molecule has 0 radical (unpaired) electrons. The smallest absolute Gasteiger partial charge is 0.252 e. The van der Waals surface area contributed by atoms with Crippen molar-refractivity contribution in [1.82, 2.24) is 19.7 Å². The molecule has 8 heteroatoms. The highest BCUT2D eigenvalue weighted by Crippen LogP contribution is 2.44. The third kappa shape index (κ3) is 3.21. The van der Waals surface area contributed by atoms with Gasteiger partial charge in [-0.1, -0.05) is 18.2 Å². The third-order valence-electron chi connectivity index (χ3n) is 4.36. The van der Waals surface area contributed by atoms with Gasteiger partial charge in [0.25, 0.3) is 5.95 Å². The van der Waals surface area contributed by atoms with Crippen molar-refractivity contribution in [2.45, 2.75) is 26.0 Å². The fourth-order valence-electron chi connectivity index (χ4n) is 3.26. The lowest BCUT2D eigenvalue weighted by Gasteiger charge is -2.16. The van der Waals surface area contributed by atoms with Crippen molar-refractivity contribution < 1.29 is 9.18 Å². The molecule has 1 N–H and O–H groups in total. The Morgan fingerprint density at radius 2 is 1.89 bits per heavy atom. The van der Waals surface area contributed by atoms with Crippen molar-refractivity contribution in [1.29, 1.82) is 0 Å². The number of aromatic nitrogens is 4. The first kappa shape index (κ1) is 17.7. The Labute approximate surface area is 160 Å². The topological polar surface area (TPSA) is 72.7 Å². The van der Waals surface area contributed by atoms with Gasteiger partial charge in [-0.05, 0) is 32.9 Å². The van der Waals surface area contributed by atoms with Gasteiger partial charge in [0.05, 0.1) is 16.7 Å². The molecule has 0 saturated heterocycles. The number of hydrogen-bond acceptors (Lipinski definition) is 5. The van der Waals surface area contributed by atoms with Crippen LogP contribution in [0.4, 0.5) is 10.2 Å². The fraction of sp³-hybridized carbons (Fsp3) is 0.263. The molecule has 3 aromatic rings. The van der Waals surface area contributed by atoms with Crippen LogP contribution in [0, 0.1) is 26.6 Å². The summed E-state index contributed by atoms with van der Waals surface area (Å²) in [4.78, 5) is 21.2. The SMILES string of the molecule is Cc1cc(C)nc(-n2nc(C)c3c2NC(=O)CS[C@H]3c2ccccc2F)n1. The van der Waals surface area contributed by atoms with Crippen LogP contribution in [0.2, 0.25) is 0 Å². The van der Waals surface area contributed by atoms with Crippen LogP contribution < -0.4 is 5.32 Å². The molecule has 3 heterocycles. The second kappa shape index (κ2) is 6.77. The number of rotatable bonds is 2. The number of carbonyl (C=O) groups excluding carboxylic acids is 1. The first-order valence-electron chi connectivity index (χ1n) is 8.52. The number of amides is 1. The Hall–Kier alpha value is -2.74. The number of anilines is 1. The predicted octanol–water partition coefficient (Wildman–Crippen LogP) is 3.50. The number of benzene rings is 1. The molecule has 1 aromatic carbocycles. The molecule has 4 rings (SSSR count). The quantitative estimate of drug-likeness (QED) is 0.733. The summed E-state index contributed by atoms with van der Waals surface area (Å²) in [7, 11) is 0. The van der Waals surface area contributed by atoms with Gasteiger partial charge >= 0.3 is 0 Å². The number of aryl methyl sites for hydroxylation is 3. The number of carbonyl (C=O) groups is 1. The van der Waals surface area contributed by atoms with Crippen LogP contribution in [0.15, 0.2) is 30.3 Å². The van der Waals surface area contributed by atoms with E-state index in [1.165, 1.54) is 17.8 Å². The Morgan fingerprint density at radius 1 is 1.19 bits per heavy atom. The Kier molecular flexibility index (Phi) is 4.43. The van der Waals surface area contributed by atoms with Gasteiger partial charge in [0.15, 0.2) is 0 Å². The molecule has 0 aliphatic carbocycles. The second-order valence-electron chi connectivity index (χ2n) is 6.47. The summed E-state index contributed by atoms with van der Waals surface area (Å²) in [5.41, 5.74) is 3.62. The lowest BCUT2D eigenvalue weighted by atomic mass is 10.0. The zero-order valence-corrected chi connectivity index (χ0v) is 16.0. The molecule has 0 bridgehead atoms. The molecule has 1 aliphatic heterocycles. The van der Waals surface area contributed by atoms with E-state index >= 15 is 0 Å². The lowest BCUT2D eigenvalue weighted by molar-refractivity contribution is -0.113. The monoisotopic (exact) mass is 383 g/mol.